The minimum absolute atomic E-state index is 0.0359. The van der Waals surface area contributed by atoms with Crippen molar-refractivity contribution < 1.29 is 14.3 Å². The standard InChI is InChI=1S/C16H22ClNO3/c1-16(2,3)21-15(19)18-9-8-13(10-18)20-11-12-6-4-5-7-14(12)17/h4-7,13H,8-11H2,1-3H3. The van der Waals surface area contributed by atoms with Crippen molar-refractivity contribution in [3.05, 3.63) is 34.9 Å². The summed E-state index contributed by atoms with van der Waals surface area (Å²) in [7, 11) is 0. The summed E-state index contributed by atoms with van der Waals surface area (Å²) < 4.78 is 11.2. The molecule has 1 aliphatic heterocycles. The molecule has 1 fully saturated rings. The first kappa shape index (κ1) is 16.1. The van der Waals surface area contributed by atoms with Crippen LogP contribution >= 0.6 is 11.6 Å². The molecule has 2 rings (SSSR count). The van der Waals surface area contributed by atoms with Gasteiger partial charge in [-0.2, -0.15) is 0 Å². The van der Waals surface area contributed by atoms with Crippen molar-refractivity contribution in [2.45, 2.75) is 45.5 Å². The third kappa shape index (κ3) is 4.90. The quantitative estimate of drug-likeness (QED) is 0.850. The lowest BCUT2D eigenvalue weighted by Crippen LogP contribution is -2.36. The van der Waals surface area contributed by atoms with Crippen molar-refractivity contribution in [1.29, 1.82) is 0 Å². The number of halogens is 1. The largest absolute Gasteiger partial charge is 0.444 e. The van der Waals surface area contributed by atoms with Gasteiger partial charge in [0.15, 0.2) is 0 Å². The summed E-state index contributed by atoms with van der Waals surface area (Å²) in [6.07, 6.45) is 0.587. The first-order chi connectivity index (χ1) is 9.85. The molecule has 0 spiro atoms. The molecule has 0 N–H and O–H groups in total. The predicted molar refractivity (Wildman–Crippen MR) is 82.5 cm³/mol. The maximum Gasteiger partial charge on any atom is 0.410 e. The van der Waals surface area contributed by atoms with Gasteiger partial charge in [-0.3, -0.25) is 0 Å². The van der Waals surface area contributed by atoms with Crippen molar-refractivity contribution in [1.82, 2.24) is 4.90 Å². The number of nitrogens with zero attached hydrogens (tertiary/aromatic N) is 1. The maximum absolute atomic E-state index is 12.0. The fourth-order valence-electron chi connectivity index (χ4n) is 2.18. The van der Waals surface area contributed by atoms with Gasteiger partial charge in [-0.25, -0.2) is 4.79 Å². The predicted octanol–water partition coefficient (Wildman–Crippen LogP) is 3.87. The Bertz CT molecular complexity index is 499. The van der Waals surface area contributed by atoms with E-state index < -0.39 is 5.60 Å². The van der Waals surface area contributed by atoms with E-state index in [0.29, 0.717) is 24.7 Å². The third-order valence-corrected chi connectivity index (χ3v) is 3.60. The topological polar surface area (TPSA) is 38.8 Å². The lowest BCUT2D eigenvalue weighted by molar-refractivity contribution is 0.0184. The summed E-state index contributed by atoms with van der Waals surface area (Å²) in [4.78, 5) is 13.7. The monoisotopic (exact) mass is 311 g/mol. The molecular formula is C16H22ClNO3. The van der Waals surface area contributed by atoms with Crippen LogP contribution in [0.2, 0.25) is 5.02 Å². The fourth-order valence-corrected chi connectivity index (χ4v) is 2.37. The maximum atomic E-state index is 12.0. The van der Waals surface area contributed by atoms with E-state index in [1.807, 2.05) is 45.0 Å². The van der Waals surface area contributed by atoms with Crippen LogP contribution in [-0.4, -0.2) is 35.8 Å². The average Bonchev–Trinajstić information content (AvgIpc) is 2.85. The van der Waals surface area contributed by atoms with E-state index in [0.717, 1.165) is 12.0 Å². The van der Waals surface area contributed by atoms with E-state index in [-0.39, 0.29) is 12.2 Å². The molecule has 5 heteroatoms. The summed E-state index contributed by atoms with van der Waals surface area (Å²) >= 11 is 6.10. The van der Waals surface area contributed by atoms with E-state index in [2.05, 4.69) is 0 Å². The van der Waals surface area contributed by atoms with Gasteiger partial charge in [-0.1, -0.05) is 29.8 Å². The molecule has 1 aliphatic rings. The summed E-state index contributed by atoms with van der Waals surface area (Å²) in [6.45, 7) is 7.30. The van der Waals surface area contributed by atoms with Crippen LogP contribution in [0, 0.1) is 0 Å². The number of amides is 1. The van der Waals surface area contributed by atoms with Crippen LogP contribution in [0.1, 0.15) is 32.8 Å². The number of rotatable bonds is 3. The van der Waals surface area contributed by atoms with Gasteiger partial charge in [0, 0.05) is 11.6 Å². The van der Waals surface area contributed by atoms with E-state index >= 15 is 0 Å². The van der Waals surface area contributed by atoms with Gasteiger partial charge in [0.2, 0.25) is 0 Å². The Labute approximate surface area is 131 Å². The van der Waals surface area contributed by atoms with Crippen molar-refractivity contribution in [2.75, 3.05) is 13.1 Å². The summed E-state index contributed by atoms with van der Waals surface area (Å²) in [5, 5.41) is 0.708. The van der Waals surface area contributed by atoms with Gasteiger partial charge in [-0.05, 0) is 38.8 Å². The summed E-state index contributed by atoms with van der Waals surface area (Å²) in [5.41, 5.74) is 0.503. The first-order valence-corrected chi connectivity index (χ1v) is 7.56. The molecule has 1 aromatic rings. The molecular weight excluding hydrogens is 290 g/mol. The molecule has 1 atom stereocenters. The van der Waals surface area contributed by atoms with Crippen LogP contribution < -0.4 is 0 Å². The Kier molecular flexibility index (Phi) is 5.12. The van der Waals surface area contributed by atoms with Crippen LogP contribution in [0.5, 0.6) is 0 Å². The number of hydrogen-bond donors (Lipinski definition) is 0. The van der Waals surface area contributed by atoms with E-state index in [1.165, 1.54) is 0 Å². The van der Waals surface area contributed by atoms with Crippen LogP contribution in [-0.2, 0) is 16.1 Å². The van der Waals surface area contributed by atoms with Crippen LogP contribution in [0.4, 0.5) is 4.79 Å². The van der Waals surface area contributed by atoms with Gasteiger partial charge >= 0.3 is 6.09 Å². The third-order valence-electron chi connectivity index (χ3n) is 3.23. The Balaban J connectivity index is 1.80. The van der Waals surface area contributed by atoms with Gasteiger partial charge < -0.3 is 14.4 Å². The molecule has 0 radical (unpaired) electrons. The van der Waals surface area contributed by atoms with E-state index in [9.17, 15) is 4.79 Å². The zero-order valence-corrected chi connectivity index (χ0v) is 13.5. The molecule has 0 bridgehead atoms. The molecule has 4 nitrogen and oxygen atoms in total. The minimum Gasteiger partial charge on any atom is -0.444 e. The molecule has 1 saturated heterocycles. The smallest absolute Gasteiger partial charge is 0.410 e. The Morgan fingerprint density at radius 1 is 1.38 bits per heavy atom. The number of carbonyl (C=O) groups excluding carboxylic acids is 1. The van der Waals surface area contributed by atoms with Gasteiger partial charge in [0.05, 0.1) is 19.3 Å². The molecule has 1 aromatic carbocycles. The van der Waals surface area contributed by atoms with Crippen LogP contribution in [0.25, 0.3) is 0 Å². The average molecular weight is 312 g/mol. The number of ether oxygens (including phenoxy) is 2. The Hall–Kier alpha value is -1.26. The normalized spacial score (nSPS) is 18.9. The molecule has 1 amide bonds. The molecule has 21 heavy (non-hydrogen) atoms. The Morgan fingerprint density at radius 3 is 2.76 bits per heavy atom. The highest BCUT2D eigenvalue weighted by Gasteiger charge is 2.30. The SMILES string of the molecule is CC(C)(C)OC(=O)N1CCC(OCc2ccccc2Cl)C1. The highest BCUT2D eigenvalue weighted by Crippen LogP contribution is 2.20. The molecule has 0 aromatic heterocycles. The number of hydrogen-bond acceptors (Lipinski definition) is 3. The second-order valence-corrected chi connectivity index (χ2v) is 6.65. The first-order valence-electron chi connectivity index (χ1n) is 7.18. The van der Waals surface area contributed by atoms with Crippen molar-refractivity contribution in [3.8, 4) is 0 Å². The van der Waals surface area contributed by atoms with Gasteiger partial charge in [-0.15, -0.1) is 0 Å². The lowest BCUT2D eigenvalue weighted by atomic mass is 10.2. The van der Waals surface area contributed by atoms with Crippen LogP contribution in [0.3, 0.4) is 0 Å². The van der Waals surface area contributed by atoms with Crippen molar-refractivity contribution in [3.63, 3.8) is 0 Å². The number of carbonyl (C=O) groups is 1. The Morgan fingerprint density at radius 2 is 2.10 bits per heavy atom. The zero-order chi connectivity index (χ0) is 15.5. The second-order valence-electron chi connectivity index (χ2n) is 6.24. The highest BCUT2D eigenvalue weighted by atomic mass is 35.5. The number of likely N-dealkylation sites (tertiary alicyclic amines) is 1. The highest BCUT2D eigenvalue weighted by molar-refractivity contribution is 6.31. The van der Waals surface area contributed by atoms with Gasteiger partial charge in [0.1, 0.15) is 5.60 Å². The molecule has 116 valence electrons. The molecule has 1 heterocycles. The zero-order valence-electron chi connectivity index (χ0n) is 12.8. The van der Waals surface area contributed by atoms with Gasteiger partial charge in [0.25, 0.3) is 0 Å². The molecule has 0 aliphatic carbocycles. The lowest BCUT2D eigenvalue weighted by Gasteiger charge is -2.24. The van der Waals surface area contributed by atoms with Crippen LogP contribution in [0.15, 0.2) is 24.3 Å². The van der Waals surface area contributed by atoms with E-state index in [1.54, 1.807) is 4.90 Å². The fraction of sp³-hybridized carbons (Fsp3) is 0.562. The van der Waals surface area contributed by atoms with E-state index in [4.69, 9.17) is 21.1 Å². The minimum atomic E-state index is -0.465. The van der Waals surface area contributed by atoms with Crippen molar-refractivity contribution >= 4 is 17.7 Å². The molecule has 0 saturated carbocycles. The van der Waals surface area contributed by atoms with Crippen molar-refractivity contribution in [2.24, 2.45) is 0 Å². The number of benzene rings is 1. The summed E-state index contributed by atoms with van der Waals surface area (Å²) in [6, 6.07) is 7.63. The summed E-state index contributed by atoms with van der Waals surface area (Å²) in [5.74, 6) is 0. The second kappa shape index (κ2) is 6.67. The molecule has 1 unspecified atom stereocenters.